The molecular weight excluding hydrogens is 236 g/mol. The van der Waals surface area contributed by atoms with E-state index in [-0.39, 0.29) is 11.7 Å². The van der Waals surface area contributed by atoms with Crippen molar-refractivity contribution in [2.45, 2.75) is 6.92 Å². The Hall–Kier alpha value is -1.37. The van der Waals surface area contributed by atoms with Crippen molar-refractivity contribution in [1.29, 1.82) is 5.26 Å². The Labute approximate surface area is 107 Å². The van der Waals surface area contributed by atoms with Crippen LogP contribution in [0.25, 0.3) is 0 Å². The molecule has 1 unspecified atom stereocenters. The summed E-state index contributed by atoms with van der Waals surface area (Å²) in [4.78, 5) is 13.7. The van der Waals surface area contributed by atoms with Crippen LogP contribution in [-0.4, -0.2) is 30.8 Å². The molecule has 0 fully saturated rings. The molecule has 1 aromatic rings. The van der Waals surface area contributed by atoms with Gasteiger partial charge in [-0.2, -0.15) is 5.26 Å². The summed E-state index contributed by atoms with van der Waals surface area (Å²) in [6.07, 6.45) is 0. The zero-order valence-electron chi connectivity index (χ0n) is 9.98. The second-order valence-electron chi connectivity index (χ2n) is 4.16. The molecular formula is C13H15ClN2O. The number of rotatable bonds is 5. The van der Waals surface area contributed by atoms with Gasteiger partial charge in [0.2, 0.25) is 0 Å². The van der Waals surface area contributed by atoms with Crippen molar-refractivity contribution in [3.63, 3.8) is 0 Å². The van der Waals surface area contributed by atoms with Crippen LogP contribution in [0.4, 0.5) is 0 Å². The topological polar surface area (TPSA) is 44.1 Å². The molecule has 1 atom stereocenters. The number of likely N-dealkylation sites (N-methyl/N-ethyl adjacent to an activating group) is 1. The van der Waals surface area contributed by atoms with Crippen molar-refractivity contribution in [2.24, 2.45) is 5.92 Å². The summed E-state index contributed by atoms with van der Waals surface area (Å²) in [6.45, 7) is 2.74. The zero-order chi connectivity index (χ0) is 12.8. The fourth-order valence-corrected chi connectivity index (χ4v) is 1.67. The van der Waals surface area contributed by atoms with E-state index in [0.29, 0.717) is 23.7 Å². The highest BCUT2D eigenvalue weighted by molar-refractivity contribution is 6.30. The molecule has 0 amide bonds. The van der Waals surface area contributed by atoms with E-state index in [1.165, 1.54) is 0 Å². The Morgan fingerprint density at radius 1 is 1.47 bits per heavy atom. The number of carbonyl (C=O) groups is 1. The number of nitrogens with zero attached hydrogens (tertiary/aromatic N) is 2. The Kier molecular flexibility index (Phi) is 5.14. The van der Waals surface area contributed by atoms with Gasteiger partial charge in [0.25, 0.3) is 0 Å². The van der Waals surface area contributed by atoms with Crippen molar-refractivity contribution in [2.75, 3.05) is 20.1 Å². The number of hydrogen-bond acceptors (Lipinski definition) is 3. The number of halogens is 1. The largest absolute Gasteiger partial charge is 0.298 e. The van der Waals surface area contributed by atoms with Crippen LogP contribution >= 0.6 is 11.6 Å². The number of benzene rings is 1. The van der Waals surface area contributed by atoms with Gasteiger partial charge in [-0.05, 0) is 38.2 Å². The smallest absolute Gasteiger partial charge is 0.176 e. The lowest BCUT2D eigenvalue weighted by atomic mass is 10.1. The first-order valence-electron chi connectivity index (χ1n) is 5.40. The summed E-state index contributed by atoms with van der Waals surface area (Å²) in [5, 5.41) is 9.31. The average Bonchev–Trinajstić information content (AvgIpc) is 2.29. The predicted molar refractivity (Wildman–Crippen MR) is 68.1 cm³/mol. The standard InChI is InChI=1S/C13H15ClN2O/c1-10(7-15)8-16(2)9-13(17)11-3-5-12(14)6-4-11/h3-6,10H,8-9H2,1-2H3. The lowest BCUT2D eigenvalue weighted by Gasteiger charge is -2.16. The molecule has 3 nitrogen and oxygen atoms in total. The Morgan fingerprint density at radius 3 is 2.59 bits per heavy atom. The van der Waals surface area contributed by atoms with Gasteiger partial charge in [-0.1, -0.05) is 11.6 Å². The SMILES string of the molecule is CC(C#N)CN(C)CC(=O)c1ccc(Cl)cc1. The van der Waals surface area contributed by atoms with Crippen molar-refractivity contribution in [1.82, 2.24) is 4.90 Å². The molecule has 1 aromatic carbocycles. The fourth-order valence-electron chi connectivity index (χ4n) is 1.55. The third-order valence-corrected chi connectivity index (χ3v) is 2.64. The molecule has 0 aromatic heterocycles. The molecule has 0 aliphatic rings. The fraction of sp³-hybridized carbons (Fsp3) is 0.385. The van der Waals surface area contributed by atoms with E-state index in [1.807, 2.05) is 18.9 Å². The van der Waals surface area contributed by atoms with Crippen molar-refractivity contribution in [3.05, 3.63) is 34.9 Å². The van der Waals surface area contributed by atoms with Gasteiger partial charge in [-0.3, -0.25) is 9.69 Å². The minimum atomic E-state index is -0.0713. The molecule has 0 aliphatic carbocycles. The van der Waals surface area contributed by atoms with E-state index in [1.54, 1.807) is 24.3 Å². The summed E-state index contributed by atoms with van der Waals surface area (Å²) < 4.78 is 0. The number of ketones is 1. The second-order valence-corrected chi connectivity index (χ2v) is 4.59. The second kappa shape index (κ2) is 6.39. The van der Waals surface area contributed by atoms with Crippen molar-refractivity contribution >= 4 is 17.4 Å². The summed E-state index contributed by atoms with van der Waals surface area (Å²) in [5.74, 6) is -0.0349. The molecule has 0 spiro atoms. The first-order valence-corrected chi connectivity index (χ1v) is 5.77. The highest BCUT2D eigenvalue weighted by Gasteiger charge is 2.11. The monoisotopic (exact) mass is 250 g/mol. The summed E-state index contributed by atoms with van der Waals surface area (Å²) in [5.41, 5.74) is 0.644. The van der Waals surface area contributed by atoms with E-state index < -0.39 is 0 Å². The van der Waals surface area contributed by atoms with Gasteiger partial charge in [-0.15, -0.1) is 0 Å². The summed E-state index contributed by atoms with van der Waals surface area (Å²) in [6, 6.07) is 8.98. The van der Waals surface area contributed by atoms with Crippen LogP contribution in [0.1, 0.15) is 17.3 Å². The molecule has 0 N–H and O–H groups in total. The van der Waals surface area contributed by atoms with E-state index in [2.05, 4.69) is 6.07 Å². The minimum Gasteiger partial charge on any atom is -0.298 e. The van der Waals surface area contributed by atoms with Crippen LogP contribution in [0.2, 0.25) is 5.02 Å². The van der Waals surface area contributed by atoms with Gasteiger partial charge < -0.3 is 0 Å². The molecule has 0 bridgehead atoms. The minimum absolute atomic E-state index is 0.0364. The predicted octanol–water partition coefficient (Wildman–Crippen LogP) is 2.61. The lowest BCUT2D eigenvalue weighted by Crippen LogP contribution is -2.29. The van der Waals surface area contributed by atoms with E-state index in [9.17, 15) is 4.79 Å². The maximum atomic E-state index is 11.9. The molecule has 0 aliphatic heterocycles. The summed E-state index contributed by atoms with van der Waals surface area (Å²) in [7, 11) is 1.83. The number of Topliss-reactive ketones (excluding diaryl/α,β-unsaturated/α-hetero) is 1. The molecule has 0 heterocycles. The normalized spacial score (nSPS) is 12.2. The highest BCUT2D eigenvalue weighted by atomic mass is 35.5. The molecule has 4 heteroatoms. The van der Waals surface area contributed by atoms with Crippen LogP contribution in [-0.2, 0) is 0 Å². The van der Waals surface area contributed by atoms with Crippen molar-refractivity contribution in [3.8, 4) is 6.07 Å². The third-order valence-electron chi connectivity index (χ3n) is 2.39. The van der Waals surface area contributed by atoms with Gasteiger partial charge in [0, 0.05) is 17.1 Å². The van der Waals surface area contributed by atoms with Crippen molar-refractivity contribution < 1.29 is 4.79 Å². The lowest BCUT2D eigenvalue weighted by molar-refractivity contribution is 0.0943. The van der Waals surface area contributed by atoms with Crippen LogP contribution in [0.15, 0.2) is 24.3 Å². The zero-order valence-corrected chi connectivity index (χ0v) is 10.7. The van der Waals surface area contributed by atoms with Gasteiger partial charge in [0.15, 0.2) is 5.78 Å². The molecule has 0 saturated carbocycles. The molecule has 0 saturated heterocycles. The first kappa shape index (κ1) is 13.7. The highest BCUT2D eigenvalue weighted by Crippen LogP contribution is 2.10. The maximum absolute atomic E-state index is 11.9. The van der Waals surface area contributed by atoms with Gasteiger partial charge in [0.05, 0.1) is 18.5 Å². The van der Waals surface area contributed by atoms with Gasteiger partial charge in [0.1, 0.15) is 0 Å². The van der Waals surface area contributed by atoms with E-state index >= 15 is 0 Å². The molecule has 90 valence electrons. The number of hydrogen-bond donors (Lipinski definition) is 0. The van der Waals surface area contributed by atoms with Gasteiger partial charge in [-0.25, -0.2) is 0 Å². The third kappa shape index (κ3) is 4.56. The molecule has 1 rings (SSSR count). The van der Waals surface area contributed by atoms with Crippen LogP contribution in [0.3, 0.4) is 0 Å². The first-order chi connectivity index (χ1) is 8.02. The Bertz CT molecular complexity index is 422. The molecule has 0 radical (unpaired) electrons. The van der Waals surface area contributed by atoms with Gasteiger partial charge >= 0.3 is 0 Å². The molecule has 17 heavy (non-hydrogen) atoms. The Balaban J connectivity index is 2.55. The quantitative estimate of drug-likeness (QED) is 0.755. The Morgan fingerprint density at radius 2 is 2.06 bits per heavy atom. The van der Waals surface area contributed by atoms with Crippen LogP contribution in [0, 0.1) is 17.2 Å². The maximum Gasteiger partial charge on any atom is 0.176 e. The number of carbonyl (C=O) groups excluding carboxylic acids is 1. The number of nitriles is 1. The summed E-state index contributed by atoms with van der Waals surface area (Å²) >= 11 is 5.75. The average molecular weight is 251 g/mol. The van der Waals surface area contributed by atoms with E-state index in [4.69, 9.17) is 16.9 Å². The van der Waals surface area contributed by atoms with E-state index in [0.717, 1.165) is 0 Å². The van der Waals surface area contributed by atoms with Crippen LogP contribution in [0.5, 0.6) is 0 Å². The van der Waals surface area contributed by atoms with Crippen LogP contribution < -0.4 is 0 Å².